The number of nitrogens with zero attached hydrogens (tertiary/aromatic N) is 2. The fourth-order valence-electron chi connectivity index (χ4n) is 4.14. The molecule has 0 aliphatic rings. The van der Waals surface area contributed by atoms with Gasteiger partial charge in [-0.15, -0.1) is 5.10 Å². The van der Waals surface area contributed by atoms with Gasteiger partial charge in [-0.1, -0.05) is 49.7 Å². The van der Waals surface area contributed by atoms with E-state index in [1.807, 2.05) is 6.92 Å². The number of aliphatic hydroxyl groups excluding tert-OH is 1. The summed E-state index contributed by atoms with van der Waals surface area (Å²) in [6, 6.07) is 7.37. The second-order valence-corrected chi connectivity index (χ2v) is 9.46. The first kappa shape index (κ1) is 26.4. The van der Waals surface area contributed by atoms with Crippen LogP contribution in [0.15, 0.2) is 53.5 Å². The van der Waals surface area contributed by atoms with Crippen LogP contribution in [-0.2, 0) is 0 Å². The smallest absolute Gasteiger partial charge is 0.294 e. The van der Waals surface area contributed by atoms with Crippen molar-refractivity contribution in [1.29, 1.82) is 0 Å². The molecule has 4 rings (SSSR count). The van der Waals surface area contributed by atoms with Crippen molar-refractivity contribution in [3.05, 3.63) is 92.1 Å². The van der Waals surface area contributed by atoms with Crippen molar-refractivity contribution in [3.63, 3.8) is 0 Å². The average Bonchev–Trinajstić information content (AvgIpc) is 3.25. The van der Waals surface area contributed by atoms with E-state index in [0.717, 1.165) is 29.8 Å². The second-order valence-electron chi connectivity index (χ2n) is 9.05. The number of H-pyrrole nitrogens is 1. The Morgan fingerprint density at radius 3 is 2.49 bits per heavy atom. The molecule has 11 heteroatoms. The number of aromatic nitrogens is 3. The number of hydrogen-bond donors (Lipinski definition) is 3. The lowest BCUT2D eigenvalue weighted by Gasteiger charge is -2.27. The van der Waals surface area contributed by atoms with Gasteiger partial charge in [0.2, 0.25) is 0 Å². The molecule has 0 bridgehead atoms. The third kappa shape index (κ3) is 5.12. The van der Waals surface area contributed by atoms with Crippen LogP contribution in [0.2, 0.25) is 5.02 Å². The van der Waals surface area contributed by atoms with Crippen molar-refractivity contribution in [2.45, 2.75) is 38.7 Å². The Bertz CT molecular complexity index is 1530. The number of amides is 1. The molecule has 1 atom stereocenters. The van der Waals surface area contributed by atoms with Gasteiger partial charge in [0.1, 0.15) is 24.0 Å². The van der Waals surface area contributed by atoms with Gasteiger partial charge in [0.15, 0.2) is 5.82 Å². The summed E-state index contributed by atoms with van der Waals surface area (Å²) >= 11 is 6.21. The van der Waals surface area contributed by atoms with Crippen molar-refractivity contribution < 1.29 is 23.1 Å². The summed E-state index contributed by atoms with van der Waals surface area (Å²) in [6.07, 6.45) is 1.30. The molecule has 3 N–H and O–H groups in total. The first-order valence-electron chi connectivity index (χ1n) is 11.4. The summed E-state index contributed by atoms with van der Waals surface area (Å²) in [6.45, 7) is 3.78. The fourth-order valence-corrected chi connectivity index (χ4v) is 4.32. The highest BCUT2D eigenvalue weighted by molar-refractivity contribution is 6.31. The van der Waals surface area contributed by atoms with Crippen LogP contribution in [0.4, 0.5) is 13.2 Å². The van der Waals surface area contributed by atoms with Crippen molar-refractivity contribution in [2.24, 2.45) is 0 Å². The van der Waals surface area contributed by atoms with Crippen LogP contribution < -0.4 is 10.9 Å². The number of fused-ring (bicyclic) bond motifs is 1. The zero-order chi connectivity index (χ0) is 27.1. The van der Waals surface area contributed by atoms with E-state index in [9.17, 15) is 27.9 Å². The number of aliphatic hydroxyl groups is 1. The third-order valence-electron chi connectivity index (χ3n) is 6.06. The molecular weight excluding hydrogens is 509 g/mol. The minimum absolute atomic E-state index is 0.0343. The van der Waals surface area contributed by atoms with Gasteiger partial charge in [0.25, 0.3) is 17.4 Å². The van der Waals surface area contributed by atoms with E-state index in [2.05, 4.69) is 15.4 Å². The molecule has 0 saturated carbocycles. The van der Waals surface area contributed by atoms with Gasteiger partial charge in [0.05, 0.1) is 5.56 Å². The summed E-state index contributed by atoms with van der Waals surface area (Å²) in [4.78, 5) is 29.1. The average molecular weight is 533 g/mol. The normalized spacial score (nSPS) is 12.8. The number of hydrogen-bond acceptors (Lipinski definition) is 4. The number of aryl methyl sites for hydroxylation is 1. The molecule has 1 amide bonds. The maximum atomic E-state index is 14.7. The van der Waals surface area contributed by atoms with Crippen molar-refractivity contribution in [3.8, 4) is 11.4 Å². The molecule has 37 heavy (non-hydrogen) atoms. The standard InChI is InChI=1S/C26H24ClF3N4O3/c1-13(2)20-18(24(36)31-22(26(29,30)12-35)15-6-8-17(28)9-7-15)11-34-21(20)25(37)32-23(33-34)16-5-4-14(3)19(27)10-16/h4-11,13,22,35H,12H2,1-3H3,(H,31,36)(H,32,33,37). The van der Waals surface area contributed by atoms with Crippen molar-refractivity contribution in [2.75, 3.05) is 6.61 Å². The molecule has 2 aromatic carbocycles. The number of halogens is 4. The van der Waals surface area contributed by atoms with Gasteiger partial charge in [-0.05, 0) is 42.2 Å². The number of alkyl halides is 2. The maximum Gasteiger partial charge on any atom is 0.294 e. The minimum atomic E-state index is -3.75. The molecule has 0 aliphatic heterocycles. The Kier molecular flexibility index (Phi) is 7.16. The van der Waals surface area contributed by atoms with Crippen LogP contribution >= 0.6 is 11.6 Å². The Morgan fingerprint density at radius 1 is 1.22 bits per heavy atom. The summed E-state index contributed by atoms with van der Waals surface area (Å²) in [5, 5.41) is 16.4. The molecular formula is C26H24ClF3N4O3. The highest BCUT2D eigenvalue weighted by Crippen LogP contribution is 2.33. The molecule has 0 spiro atoms. The van der Waals surface area contributed by atoms with Crippen molar-refractivity contribution >= 4 is 23.0 Å². The van der Waals surface area contributed by atoms with E-state index < -0.39 is 35.9 Å². The fraction of sp³-hybridized carbons (Fsp3) is 0.269. The topological polar surface area (TPSA) is 99.5 Å². The first-order chi connectivity index (χ1) is 17.4. The van der Waals surface area contributed by atoms with Gasteiger partial charge < -0.3 is 15.4 Å². The largest absolute Gasteiger partial charge is 0.390 e. The summed E-state index contributed by atoms with van der Waals surface area (Å²) in [5.74, 6) is -5.45. The number of rotatable bonds is 7. The van der Waals surface area contributed by atoms with Gasteiger partial charge in [-0.2, -0.15) is 0 Å². The molecule has 4 aromatic rings. The van der Waals surface area contributed by atoms with E-state index in [1.165, 1.54) is 10.7 Å². The van der Waals surface area contributed by atoms with E-state index >= 15 is 0 Å². The highest BCUT2D eigenvalue weighted by atomic mass is 35.5. The molecule has 0 aliphatic carbocycles. The van der Waals surface area contributed by atoms with Crippen LogP contribution in [0.25, 0.3) is 16.9 Å². The molecule has 1 unspecified atom stereocenters. The van der Waals surface area contributed by atoms with Gasteiger partial charge in [-0.3, -0.25) is 9.59 Å². The number of aromatic amines is 1. The van der Waals surface area contributed by atoms with E-state index in [0.29, 0.717) is 16.1 Å². The Morgan fingerprint density at radius 2 is 1.89 bits per heavy atom. The summed E-state index contributed by atoms with van der Waals surface area (Å²) in [7, 11) is 0. The van der Waals surface area contributed by atoms with Crippen LogP contribution in [-0.4, -0.2) is 38.1 Å². The lowest BCUT2D eigenvalue weighted by molar-refractivity contribution is -0.0785. The quantitative estimate of drug-likeness (QED) is 0.311. The van der Waals surface area contributed by atoms with Gasteiger partial charge >= 0.3 is 0 Å². The summed E-state index contributed by atoms with van der Waals surface area (Å²) in [5.41, 5.74) is 1.12. The summed E-state index contributed by atoms with van der Waals surface area (Å²) < 4.78 is 44.0. The molecule has 7 nitrogen and oxygen atoms in total. The molecule has 2 aromatic heterocycles. The number of nitrogens with one attached hydrogen (secondary N) is 2. The second kappa shape index (κ2) is 10.0. The highest BCUT2D eigenvalue weighted by Gasteiger charge is 2.41. The lowest BCUT2D eigenvalue weighted by atomic mass is 9.97. The van der Waals surface area contributed by atoms with Crippen LogP contribution in [0.1, 0.15) is 52.9 Å². The molecule has 0 saturated heterocycles. The van der Waals surface area contributed by atoms with Crippen molar-refractivity contribution in [1.82, 2.24) is 19.9 Å². The first-order valence-corrected chi connectivity index (χ1v) is 11.8. The Labute approximate surface area is 214 Å². The number of carbonyl (C=O) groups excluding carboxylic acids is 1. The van der Waals surface area contributed by atoms with Crippen LogP contribution in [0.5, 0.6) is 0 Å². The molecule has 194 valence electrons. The van der Waals surface area contributed by atoms with Gasteiger partial charge in [0, 0.05) is 22.3 Å². The van der Waals surface area contributed by atoms with Gasteiger partial charge in [-0.25, -0.2) is 17.7 Å². The Balaban J connectivity index is 1.81. The third-order valence-corrected chi connectivity index (χ3v) is 6.47. The molecule has 2 heterocycles. The van der Waals surface area contributed by atoms with E-state index in [4.69, 9.17) is 11.6 Å². The lowest BCUT2D eigenvalue weighted by Crippen LogP contribution is -2.43. The zero-order valence-corrected chi connectivity index (χ0v) is 20.9. The van der Waals surface area contributed by atoms with Crippen LogP contribution in [0, 0.1) is 12.7 Å². The number of carbonyl (C=O) groups is 1. The van der Waals surface area contributed by atoms with E-state index in [-0.39, 0.29) is 28.4 Å². The SMILES string of the molecule is Cc1ccc(-c2nn3cc(C(=O)NC(c4ccc(F)cc4)C(F)(F)CO)c(C(C)C)c3c(=O)[nH]2)cc1Cl. The van der Waals surface area contributed by atoms with Crippen LogP contribution in [0.3, 0.4) is 0 Å². The number of benzene rings is 2. The Hall–Kier alpha value is -3.63. The molecule has 0 radical (unpaired) electrons. The monoisotopic (exact) mass is 532 g/mol. The zero-order valence-electron chi connectivity index (χ0n) is 20.2. The minimum Gasteiger partial charge on any atom is -0.390 e. The maximum absolute atomic E-state index is 14.7. The van der Waals surface area contributed by atoms with E-state index in [1.54, 1.807) is 32.0 Å². The molecule has 0 fully saturated rings. The predicted octanol–water partition coefficient (Wildman–Crippen LogP) is 5.01. The predicted molar refractivity (Wildman–Crippen MR) is 134 cm³/mol.